The smallest absolute Gasteiger partial charge is 0.305 e. The fourth-order valence-electron chi connectivity index (χ4n) is 2.85. The Kier molecular flexibility index (Phi) is 4.85. The van der Waals surface area contributed by atoms with Crippen molar-refractivity contribution in [1.82, 2.24) is 5.32 Å². The lowest BCUT2D eigenvalue weighted by Crippen LogP contribution is -2.31. The third-order valence-corrected chi connectivity index (χ3v) is 4.24. The van der Waals surface area contributed by atoms with Gasteiger partial charge in [-0.25, -0.2) is 0 Å². The third-order valence-electron chi connectivity index (χ3n) is 4.00. The van der Waals surface area contributed by atoms with Crippen molar-refractivity contribution in [1.29, 1.82) is 0 Å². The Labute approximate surface area is 147 Å². The van der Waals surface area contributed by atoms with Gasteiger partial charge in [-0.3, -0.25) is 14.9 Å². The highest BCUT2D eigenvalue weighted by molar-refractivity contribution is 6.30. The van der Waals surface area contributed by atoms with Crippen LogP contribution in [0, 0.1) is 15.9 Å². The molecule has 130 valence electrons. The number of carbonyl (C=O) groups excluding carboxylic acids is 1. The van der Waals surface area contributed by atoms with Crippen LogP contribution >= 0.6 is 11.6 Å². The number of nitrogens with zero attached hydrogens (tertiary/aromatic N) is 1. The standard InChI is InChI=1S/C17H14ClFN2O4/c18-11-2-4-13-10(7-11)1-5-15(13)20-17(22)9-25-12-3-6-16(21(23)24)14(19)8-12/h2-4,6-8,15H,1,5,9H2,(H,20,22). The van der Waals surface area contributed by atoms with E-state index in [1.807, 2.05) is 12.1 Å². The Morgan fingerprint density at radius 3 is 2.88 bits per heavy atom. The molecule has 1 aliphatic carbocycles. The molecule has 25 heavy (non-hydrogen) atoms. The second kappa shape index (κ2) is 7.06. The Hall–Kier alpha value is -2.67. The van der Waals surface area contributed by atoms with Crippen LogP contribution in [0.5, 0.6) is 5.75 Å². The summed E-state index contributed by atoms with van der Waals surface area (Å²) in [6.07, 6.45) is 1.60. The largest absolute Gasteiger partial charge is 0.484 e. The number of hydrogen-bond acceptors (Lipinski definition) is 4. The van der Waals surface area contributed by atoms with Crippen molar-refractivity contribution in [2.75, 3.05) is 6.61 Å². The number of fused-ring (bicyclic) bond motifs is 1. The van der Waals surface area contributed by atoms with Gasteiger partial charge in [0.15, 0.2) is 6.61 Å². The van der Waals surface area contributed by atoms with Crippen molar-refractivity contribution in [3.8, 4) is 5.75 Å². The van der Waals surface area contributed by atoms with E-state index in [1.165, 1.54) is 6.07 Å². The van der Waals surface area contributed by atoms with Gasteiger partial charge in [-0.15, -0.1) is 0 Å². The highest BCUT2D eigenvalue weighted by Gasteiger charge is 2.24. The zero-order valence-corrected chi connectivity index (χ0v) is 13.8. The molecule has 0 aromatic heterocycles. The van der Waals surface area contributed by atoms with Gasteiger partial charge >= 0.3 is 5.69 Å². The highest BCUT2D eigenvalue weighted by atomic mass is 35.5. The molecular weight excluding hydrogens is 351 g/mol. The van der Waals surface area contributed by atoms with Gasteiger partial charge < -0.3 is 10.1 Å². The molecule has 1 N–H and O–H groups in total. The van der Waals surface area contributed by atoms with E-state index in [9.17, 15) is 19.3 Å². The summed E-state index contributed by atoms with van der Waals surface area (Å²) in [5, 5.41) is 14.1. The molecule has 1 atom stereocenters. The molecule has 0 aliphatic heterocycles. The van der Waals surface area contributed by atoms with E-state index < -0.39 is 16.4 Å². The van der Waals surface area contributed by atoms with Gasteiger partial charge in [0.1, 0.15) is 5.75 Å². The number of amides is 1. The number of aryl methyl sites for hydroxylation is 1. The van der Waals surface area contributed by atoms with Crippen LogP contribution < -0.4 is 10.1 Å². The normalized spacial score (nSPS) is 15.5. The summed E-state index contributed by atoms with van der Waals surface area (Å²) in [6.45, 7) is -0.309. The Balaban J connectivity index is 1.58. The fraction of sp³-hybridized carbons (Fsp3) is 0.235. The average Bonchev–Trinajstić information content (AvgIpc) is 2.94. The van der Waals surface area contributed by atoms with Crippen LogP contribution in [0.1, 0.15) is 23.6 Å². The van der Waals surface area contributed by atoms with E-state index in [4.69, 9.17) is 16.3 Å². The maximum Gasteiger partial charge on any atom is 0.305 e. The van der Waals surface area contributed by atoms with Crippen LogP contribution in [0.4, 0.5) is 10.1 Å². The molecule has 1 aliphatic rings. The van der Waals surface area contributed by atoms with E-state index in [0.29, 0.717) is 5.02 Å². The Morgan fingerprint density at radius 2 is 2.16 bits per heavy atom. The molecule has 2 aromatic rings. The molecule has 3 rings (SSSR count). The molecule has 0 spiro atoms. The first-order chi connectivity index (χ1) is 11.9. The molecule has 1 unspecified atom stereocenters. The second-order valence-corrected chi connectivity index (χ2v) is 6.10. The van der Waals surface area contributed by atoms with Gasteiger partial charge in [0.25, 0.3) is 5.91 Å². The summed E-state index contributed by atoms with van der Waals surface area (Å²) >= 11 is 5.96. The molecule has 0 fully saturated rings. The number of nitro groups is 1. The summed E-state index contributed by atoms with van der Waals surface area (Å²) in [7, 11) is 0. The third kappa shape index (κ3) is 3.88. The molecule has 1 amide bonds. The zero-order valence-electron chi connectivity index (χ0n) is 13.0. The quantitative estimate of drug-likeness (QED) is 0.649. The van der Waals surface area contributed by atoms with Crippen LogP contribution in [0.15, 0.2) is 36.4 Å². The van der Waals surface area contributed by atoms with E-state index in [0.717, 1.165) is 36.1 Å². The van der Waals surface area contributed by atoms with E-state index in [1.54, 1.807) is 6.07 Å². The number of hydrogen-bond donors (Lipinski definition) is 1. The summed E-state index contributed by atoms with van der Waals surface area (Å²) in [5.74, 6) is -1.31. The van der Waals surface area contributed by atoms with Crippen molar-refractivity contribution in [2.24, 2.45) is 0 Å². The lowest BCUT2D eigenvalue weighted by molar-refractivity contribution is -0.387. The number of carbonyl (C=O) groups is 1. The zero-order chi connectivity index (χ0) is 18.0. The molecule has 6 nitrogen and oxygen atoms in total. The van der Waals surface area contributed by atoms with Crippen molar-refractivity contribution in [3.63, 3.8) is 0 Å². The van der Waals surface area contributed by atoms with Crippen LogP contribution in [0.25, 0.3) is 0 Å². The number of halogens is 2. The molecular formula is C17H14ClFN2O4. The number of rotatable bonds is 5. The predicted molar refractivity (Wildman–Crippen MR) is 89.2 cm³/mol. The predicted octanol–water partition coefficient (Wildman–Crippen LogP) is 3.57. The van der Waals surface area contributed by atoms with E-state index >= 15 is 0 Å². The van der Waals surface area contributed by atoms with Crippen molar-refractivity contribution >= 4 is 23.2 Å². The molecule has 0 saturated heterocycles. The molecule has 0 bridgehead atoms. The molecule has 8 heteroatoms. The molecule has 0 radical (unpaired) electrons. The minimum atomic E-state index is -1.01. The van der Waals surface area contributed by atoms with Crippen molar-refractivity contribution in [2.45, 2.75) is 18.9 Å². The monoisotopic (exact) mass is 364 g/mol. The number of ether oxygens (including phenoxy) is 1. The summed E-state index contributed by atoms with van der Waals surface area (Å²) in [4.78, 5) is 21.8. The first-order valence-electron chi connectivity index (χ1n) is 7.58. The SMILES string of the molecule is O=C(COc1ccc([N+](=O)[O-])c(F)c1)NC1CCc2cc(Cl)ccc21. The van der Waals surface area contributed by atoms with Gasteiger partial charge in [0.2, 0.25) is 5.82 Å². The van der Waals surface area contributed by atoms with Gasteiger partial charge in [-0.05, 0) is 42.2 Å². The molecule has 0 heterocycles. The van der Waals surface area contributed by atoms with Crippen molar-refractivity contribution < 1.29 is 18.8 Å². The van der Waals surface area contributed by atoms with Gasteiger partial charge in [0.05, 0.1) is 11.0 Å². The second-order valence-electron chi connectivity index (χ2n) is 5.66. The number of benzene rings is 2. The van der Waals surface area contributed by atoms with Gasteiger partial charge in [-0.2, -0.15) is 4.39 Å². The minimum absolute atomic E-state index is 0.0526. The van der Waals surface area contributed by atoms with Crippen molar-refractivity contribution in [3.05, 3.63) is 68.5 Å². The first kappa shape index (κ1) is 17.2. The summed E-state index contributed by atoms with van der Waals surface area (Å²) in [5.41, 5.74) is 1.49. The number of nitro benzene ring substituents is 1. The van der Waals surface area contributed by atoms with Crippen LogP contribution in [0.3, 0.4) is 0 Å². The average molecular weight is 365 g/mol. The Morgan fingerprint density at radius 1 is 1.36 bits per heavy atom. The Bertz CT molecular complexity index is 843. The first-order valence-corrected chi connectivity index (χ1v) is 7.96. The maximum atomic E-state index is 13.5. The van der Waals surface area contributed by atoms with Crippen LogP contribution in [-0.4, -0.2) is 17.4 Å². The van der Waals surface area contributed by atoms with Gasteiger partial charge in [0, 0.05) is 17.2 Å². The lowest BCUT2D eigenvalue weighted by atomic mass is 10.1. The fourth-order valence-corrected chi connectivity index (χ4v) is 3.04. The van der Waals surface area contributed by atoms with E-state index in [2.05, 4.69) is 5.32 Å². The molecule has 0 saturated carbocycles. The highest BCUT2D eigenvalue weighted by Crippen LogP contribution is 2.32. The van der Waals surface area contributed by atoms with E-state index in [-0.39, 0.29) is 24.3 Å². The van der Waals surface area contributed by atoms with Gasteiger partial charge in [-0.1, -0.05) is 17.7 Å². The topological polar surface area (TPSA) is 81.5 Å². The minimum Gasteiger partial charge on any atom is -0.484 e. The molecule has 2 aromatic carbocycles. The van der Waals surface area contributed by atoms with Crippen LogP contribution in [-0.2, 0) is 11.2 Å². The lowest BCUT2D eigenvalue weighted by Gasteiger charge is -2.14. The summed E-state index contributed by atoms with van der Waals surface area (Å²) < 4.78 is 18.7. The maximum absolute atomic E-state index is 13.5. The van der Waals surface area contributed by atoms with Crippen LogP contribution in [0.2, 0.25) is 5.02 Å². The summed E-state index contributed by atoms with van der Waals surface area (Å²) in [6, 6.07) is 8.58. The number of nitrogens with one attached hydrogen (secondary N) is 1.